The molecule has 2 aromatic rings. The maximum Gasteiger partial charge on any atom is 0.330 e. The number of sulfone groups is 1. The molecule has 1 unspecified atom stereocenters. The first-order valence-electron chi connectivity index (χ1n) is 6.36. The zero-order valence-corrected chi connectivity index (χ0v) is 13.8. The average Bonchev–Trinajstić information content (AvgIpc) is 2.48. The van der Waals surface area contributed by atoms with E-state index in [-0.39, 0.29) is 5.82 Å². The van der Waals surface area contributed by atoms with Crippen molar-refractivity contribution in [1.29, 1.82) is 5.26 Å². The molecule has 0 bridgehead atoms. The lowest BCUT2D eigenvalue weighted by Crippen LogP contribution is -2.18. The Morgan fingerprint density at radius 3 is 2.56 bits per heavy atom. The Balaban J connectivity index is 2.79. The molecule has 8 nitrogen and oxygen atoms in total. The van der Waals surface area contributed by atoms with Gasteiger partial charge in [0.1, 0.15) is 22.4 Å². The van der Waals surface area contributed by atoms with E-state index >= 15 is 0 Å². The normalized spacial score (nSPS) is 12.4. The van der Waals surface area contributed by atoms with Gasteiger partial charge in [0.2, 0.25) is 20.2 Å². The number of halogens is 3. The molecule has 0 fully saturated rings. The molecule has 1 aromatic heterocycles. The van der Waals surface area contributed by atoms with Crippen molar-refractivity contribution in [1.82, 2.24) is 9.97 Å². The average molecular weight is 389 g/mol. The summed E-state index contributed by atoms with van der Waals surface area (Å²) in [6.07, 6.45) is 0. The summed E-state index contributed by atoms with van der Waals surface area (Å²) < 4.78 is 52.3. The summed E-state index contributed by atoms with van der Waals surface area (Å²) in [7, 11) is -4.88. The number of aromatic nitrogens is 2. The third-order valence-electron chi connectivity index (χ3n) is 3.04. The molecule has 130 valence electrons. The minimum Gasteiger partial charge on any atom is -0.258 e. The second-order valence-corrected chi connectivity index (χ2v) is 7.04. The maximum atomic E-state index is 13.8. The van der Waals surface area contributed by atoms with Gasteiger partial charge in [0.25, 0.3) is 0 Å². The molecule has 0 saturated heterocycles. The summed E-state index contributed by atoms with van der Waals surface area (Å²) in [4.78, 5) is 16.1. The van der Waals surface area contributed by atoms with Crippen molar-refractivity contribution in [2.75, 3.05) is 0 Å². The minimum absolute atomic E-state index is 0.138. The third kappa shape index (κ3) is 3.40. The van der Waals surface area contributed by atoms with Gasteiger partial charge in [-0.2, -0.15) is 5.26 Å². The first-order chi connectivity index (χ1) is 11.6. The standard InChI is InChI=1S/C13H7ClF2N4O4S/c1-6-18-11(12(20(21)22)13(14)19-6)10(5-17)25(23,24)9-4-7(15)2-3-8(9)16/h2-4,10H,1H3. The SMILES string of the molecule is Cc1nc(Cl)c([N+](=O)[O-])c(C(C#N)S(=O)(=O)c2cc(F)ccc2F)n1. The number of benzene rings is 1. The van der Waals surface area contributed by atoms with Crippen LogP contribution in [-0.4, -0.2) is 23.3 Å². The largest absolute Gasteiger partial charge is 0.330 e. The third-order valence-corrected chi connectivity index (χ3v) is 5.18. The molecule has 1 aromatic carbocycles. The predicted octanol–water partition coefficient (Wildman–Crippen LogP) is 2.66. The molecule has 25 heavy (non-hydrogen) atoms. The maximum absolute atomic E-state index is 13.8. The lowest BCUT2D eigenvalue weighted by molar-refractivity contribution is -0.386. The van der Waals surface area contributed by atoms with Crippen LogP contribution in [0.3, 0.4) is 0 Å². The van der Waals surface area contributed by atoms with Crippen LogP contribution in [-0.2, 0) is 9.84 Å². The molecule has 0 amide bonds. The highest BCUT2D eigenvalue weighted by Gasteiger charge is 2.39. The van der Waals surface area contributed by atoms with E-state index in [9.17, 15) is 32.6 Å². The van der Waals surface area contributed by atoms with Gasteiger partial charge in [-0.15, -0.1) is 0 Å². The van der Waals surface area contributed by atoms with Gasteiger partial charge < -0.3 is 0 Å². The zero-order chi connectivity index (χ0) is 18.9. The van der Waals surface area contributed by atoms with Crippen molar-refractivity contribution < 1.29 is 22.1 Å². The zero-order valence-electron chi connectivity index (χ0n) is 12.3. The van der Waals surface area contributed by atoms with E-state index in [1.807, 2.05) is 0 Å². The van der Waals surface area contributed by atoms with Gasteiger partial charge in [-0.3, -0.25) is 10.1 Å². The molecule has 12 heteroatoms. The fraction of sp³-hybridized carbons (Fsp3) is 0.154. The Labute approximate surface area is 144 Å². The van der Waals surface area contributed by atoms with Gasteiger partial charge in [-0.25, -0.2) is 27.2 Å². The van der Waals surface area contributed by atoms with Crippen LogP contribution in [0.15, 0.2) is 23.1 Å². The van der Waals surface area contributed by atoms with E-state index in [2.05, 4.69) is 9.97 Å². The molecule has 1 heterocycles. The number of aryl methyl sites for hydroxylation is 1. The summed E-state index contributed by atoms with van der Waals surface area (Å²) >= 11 is 5.65. The Bertz CT molecular complexity index is 1020. The number of nitriles is 1. The molecule has 0 radical (unpaired) electrons. The fourth-order valence-electron chi connectivity index (χ4n) is 2.00. The molecule has 0 aliphatic heterocycles. The van der Waals surface area contributed by atoms with E-state index in [1.54, 1.807) is 0 Å². The smallest absolute Gasteiger partial charge is 0.258 e. The second-order valence-electron chi connectivity index (χ2n) is 4.68. The molecule has 0 spiro atoms. The van der Waals surface area contributed by atoms with Crippen molar-refractivity contribution in [2.45, 2.75) is 17.1 Å². The predicted molar refractivity (Wildman–Crippen MR) is 80.3 cm³/mol. The van der Waals surface area contributed by atoms with Crippen LogP contribution in [0.4, 0.5) is 14.5 Å². The number of nitro groups is 1. The Morgan fingerprint density at radius 2 is 2.00 bits per heavy atom. The van der Waals surface area contributed by atoms with E-state index in [1.165, 1.54) is 13.0 Å². The van der Waals surface area contributed by atoms with Crippen molar-refractivity contribution in [3.8, 4) is 6.07 Å². The highest BCUT2D eigenvalue weighted by molar-refractivity contribution is 7.92. The van der Waals surface area contributed by atoms with Crippen molar-refractivity contribution in [3.05, 3.63) is 56.6 Å². The second kappa shape index (κ2) is 6.66. The van der Waals surface area contributed by atoms with E-state index in [0.29, 0.717) is 18.2 Å². The van der Waals surface area contributed by atoms with E-state index in [4.69, 9.17) is 11.6 Å². The number of nitrogens with zero attached hydrogens (tertiary/aromatic N) is 4. The van der Waals surface area contributed by atoms with Gasteiger partial charge in [0, 0.05) is 0 Å². The van der Waals surface area contributed by atoms with Gasteiger partial charge in [0.05, 0.1) is 11.0 Å². The summed E-state index contributed by atoms with van der Waals surface area (Å²) in [5.41, 5.74) is -1.83. The lowest BCUT2D eigenvalue weighted by atomic mass is 10.2. The van der Waals surface area contributed by atoms with Crippen LogP contribution < -0.4 is 0 Å². The van der Waals surface area contributed by atoms with Crippen LogP contribution in [0.2, 0.25) is 5.15 Å². The molecular formula is C13H7ClF2N4O4S. The molecule has 1 atom stereocenters. The van der Waals surface area contributed by atoms with Crippen LogP contribution in [0.5, 0.6) is 0 Å². The van der Waals surface area contributed by atoms with Gasteiger partial charge in [0.15, 0.2) is 5.69 Å². The van der Waals surface area contributed by atoms with Crippen molar-refractivity contribution >= 4 is 27.1 Å². The first kappa shape index (κ1) is 18.6. The van der Waals surface area contributed by atoms with E-state index < -0.39 is 53.1 Å². The van der Waals surface area contributed by atoms with E-state index in [0.717, 1.165) is 0 Å². The molecule has 0 N–H and O–H groups in total. The molecule has 0 aliphatic carbocycles. The molecule has 0 saturated carbocycles. The molecular weight excluding hydrogens is 382 g/mol. The van der Waals surface area contributed by atoms with Crippen LogP contribution in [0.1, 0.15) is 16.8 Å². The summed E-state index contributed by atoms with van der Waals surface area (Å²) in [5.74, 6) is -2.52. The quantitative estimate of drug-likeness (QED) is 0.447. The summed E-state index contributed by atoms with van der Waals surface area (Å²) in [6, 6.07) is 2.94. The number of rotatable bonds is 4. The van der Waals surface area contributed by atoms with Crippen LogP contribution >= 0.6 is 11.6 Å². The topological polar surface area (TPSA) is 127 Å². The fourth-order valence-corrected chi connectivity index (χ4v) is 3.76. The highest BCUT2D eigenvalue weighted by Crippen LogP contribution is 2.36. The van der Waals surface area contributed by atoms with Crippen LogP contribution in [0, 0.1) is 40.0 Å². The van der Waals surface area contributed by atoms with Gasteiger partial charge in [-0.1, -0.05) is 11.6 Å². The summed E-state index contributed by atoms with van der Waals surface area (Å²) in [5, 5.41) is 17.4. The number of hydrogen-bond acceptors (Lipinski definition) is 7. The van der Waals surface area contributed by atoms with Crippen molar-refractivity contribution in [2.24, 2.45) is 0 Å². The summed E-state index contributed by atoms with van der Waals surface area (Å²) in [6.45, 7) is 1.27. The highest BCUT2D eigenvalue weighted by atomic mass is 35.5. The number of hydrogen-bond donors (Lipinski definition) is 0. The van der Waals surface area contributed by atoms with Crippen molar-refractivity contribution in [3.63, 3.8) is 0 Å². The van der Waals surface area contributed by atoms with Gasteiger partial charge >= 0.3 is 5.69 Å². The molecule has 0 aliphatic rings. The Kier molecular flexibility index (Phi) is 4.96. The monoisotopic (exact) mass is 388 g/mol. The lowest BCUT2D eigenvalue weighted by Gasteiger charge is -2.12. The Morgan fingerprint density at radius 1 is 1.36 bits per heavy atom. The minimum atomic E-state index is -4.88. The molecule has 2 rings (SSSR count). The van der Waals surface area contributed by atoms with Gasteiger partial charge in [-0.05, 0) is 25.1 Å². The Hall–Kier alpha value is -2.71. The van der Waals surface area contributed by atoms with Crippen LogP contribution in [0.25, 0.3) is 0 Å². The first-order valence-corrected chi connectivity index (χ1v) is 8.29.